The van der Waals surface area contributed by atoms with Gasteiger partial charge in [-0.25, -0.2) is 0 Å². The second-order valence-electron chi connectivity index (χ2n) is 4.55. The van der Waals surface area contributed by atoms with Crippen LogP contribution >= 0.6 is 15.9 Å². The zero-order chi connectivity index (χ0) is 10.8. The Morgan fingerprint density at radius 1 is 1.33 bits per heavy atom. The molecule has 1 aromatic carbocycles. The van der Waals surface area contributed by atoms with E-state index in [0.29, 0.717) is 5.92 Å². The Labute approximate surface area is 100 Å². The topological polar surface area (TPSA) is 26.0 Å². The maximum Gasteiger partial charge on any atom is 0.0334 e. The molecule has 0 heterocycles. The van der Waals surface area contributed by atoms with Crippen molar-refractivity contribution in [2.45, 2.75) is 38.6 Å². The van der Waals surface area contributed by atoms with Crippen LogP contribution < -0.4 is 5.73 Å². The van der Waals surface area contributed by atoms with Crippen molar-refractivity contribution in [2.75, 3.05) is 0 Å². The third kappa shape index (κ3) is 2.26. The van der Waals surface area contributed by atoms with E-state index in [-0.39, 0.29) is 6.04 Å². The van der Waals surface area contributed by atoms with Gasteiger partial charge in [0.05, 0.1) is 0 Å². The normalized spacial score (nSPS) is 19.4. The fraction of sp³-hybridized carbons (Fsp3) is 0.538. The molecule has 0 spiro atoms. The van der Waals surface area contributed by atoms with Gasteiger partial charge in [-0.2, -0.15) is 0 Å². The summed E-state index contributed by atoms with van der Waals surface area (Å²) in [5, 5.41) is 0. The summed E-state index contributed by atoms with van der Waals surface area (Å²) in [6, 6.07) is 6.58. The minimum absolute atomic E-state index is 0.210. The van der Waals surface area contributed by atoms with Gasteiger partial charge in [-0.05, 0) is 36.8 Å². The van der Waals surface area contributed by atoms with Gasteiger partial charge in [-0.15, -0.1) is 0 Å². The van der Waals surface area contributed by atoms with Crippen LogP contribution in [0.15, 0.2) is 22.7 Å². The lowest BCUT2D eigenvalue weighted by Gasteiger charge is -2.21. The van der Waals surface area contributed by atoms with E-state index in [2.05, 4.69) is 41.1 Å². The van der Waals surface area contributed by atoms with E-state index < -0.39 is 0 Å². The minimum Gasteiger partial charge on any atom is -0.324 e. The predicted molar refractivity (Wildman–Crippen MR) is 67.8 cm³/mol. The van der Waals surface area contributed by atoms with Gasteiger partial charge in [0.2, 0.25) is 0 Å². The first-order valence-electron chi connectivity index (χ1n) is 5.70. The van der Waals surface area contributed by atoms with Crippen molar-refractivity contribution in [3.8, 4) is 0 Å². The Balaban J connectivity index is 2.24. The highest BCUT2D eigenvalue weighted by Gasteiger charge is 2.24. The summed E-state index contributed by atoms with van der Waals surface area (Å²) in [7, 11) is 0. The van der Waals surface area contributed by atoms with Crippen molar-refractivity contribution < 1.29 is 0 Å². The van der Waals surface area contributed by atoms with Gasteiger partial charge in [0, 0.05) is 10.5 Å². The number of halogens is 1. The Kier molecular flexibility index (Phi) is 3.47. The molecule has 2 rings (SSSR count). The molecule has 1 atom stereocenters. The van der Waals surface area contributed by atoms with E-state index >= 15 is 0 Å². The average molecular weight is 268 g/mol. The van der Waals surface area contributed by atoms with E-state index in [1.807, 2.05) is 0 Å². The molecule has 1 saturated carbocycles. The van der Waals surface area contributed by atoms with Crippen molar-refractivity contribution in [1.29, 1.82) is 0 Å². The Hall–Kier alpha value is -0.340. The number of nitrogens with two attached hydrogens (primary N) is 1. The molecule has 0 amide bonds. The second-order valence-corrected chi connectivity index (χ2v) is 5.34. The number of benzene rings is 1. The van der Waals surface area contributed by atoms with E-state index in [0.717, 1.165) is 0 Å². The SMILES string of the molecule is Cc1cccc(C(N)C2CCCC2)c1Br. The largest absolute Gasteiger partial charge is 0.324 e. The molecule has 1 aliphatic rings. The first kappa shape index (κ1) is 11.2. The van der Waals surface area contributed by atoms with Crippen LogP contribution in [-0.4, -0.2) is 0 Å². The second kappa shape index (κ2) is 4.67. The summed E-state index contributed by atoms with van der Waals surface area (Å²) in [5.41, 5.74) is 8.90. The van der Waals surface area contributed by atoms with Gasteiger partial charge < -0.3 is 5.73 Å². The molecule has 2 heteroatoms. The number of rotatable bonds is 2. The molecule has 0 aliphatic heterocycles. The third-order valence-electron chi connectivity index (χ3n) is 3.49. The van der Waals surface area contributed by atoms with E-state index in [9.17, 15) is 0 Å². The molecule has 1 nitrogen and oxygen atoms in total. The molecule has 2 N–H and O–H groups in total. The average Bonchev–Trinajstić information content (AvgIpc) is 2.74. The molecule has 0 radical (unpaired) electrons. The lowest BCUT2D eigenvalue weighted by Crippen LogP contribution is -2.19. The molecule has 1 unspecified atom stereocenters. The molecule has 82 valence electrons. The van der Waals surface area contributed by atoms with Crippen LogP contribution in [0.1, 0.15) is 42.9 Å². The molecule has 0 bridgehead atoms. The Morgan fingerprint density at radius 2 is 2.00 bits per heavy atom. The molecule has 1 fully saturated rings. The summed E-state index contributed by atoms with van der Waals surface area (Å²) < 4.78 is 1.20. The van der Waals surface area contributed by atoms with E-state index in [1.54, 1.807) is 0 Å². The van der Waals surface area contributed by atoms with Crippen LogP contribution in [-0.2, 0) is 0 Å². The van der Waals surface area contributed by atoms with Gasteiger partial charge in [0.15, 0.2) is 0 Å². The fourth-order valence-corrected chi connectivity index (χ4v) is 3.03. The van der Waals surface area contributed by atoms with Crippen LogP contribution in [0.4, 0.5) is 0 Å². The quantitative estimate of drug-likeness (QED) is 0.863. The van der Waals surface area contributed by atoms with Crippen LogP contribution in [0.2, 0.25) is 0 Å². The van der Waals surface area contributed by atoms with Crippen molar-refractivity contribution in [1.82, 2.24) is 0 Å². The molecule has 1 aromatic rings. The Morgan fingerprint density at radius 3 is 2.67 bits per heavy atom. The van der Waals surface area contributed by atoms with Gasteiger partial charge >= 0.3 is 0 Å². The van der Waals surface area contributed by atoms with E-state index in [1.165, 1.54) is 41.3 Å². The summed E-state index contributed by atoms with van der Waals surface area (Å²) in [6.07, 6.45) is 5.28. The Bertz CT molecular complexity index is 342. The highest BCUT2D eigenvalue weighted by molar-refractivity contribution is 9.10. The van der Waals surface area contributed by atoms with Gasteiger partial charge in [0.1, 0.15) is 0 Å². The minimum atomic E-state index is 0.210. The van der Waals surface area contributed by atoms with E-state index in [4.69, 9.17) is 5.73 Å². The number of hydrogen-bond acceptors (Lipinski definition) is 1. The van der Waals surface area contributed by atoms with Crippen LogP contribution in [0.3, 0.4) is 0 Å². The number of aryl methyl sites for hydroxylation is 1. The van der Waals surface area contributed by atoms with Crippen molar-refractivity contribution >= 4 is 15.9 Å². The lowest BCUT2D eigenvalue weighted by atomic mass is 9.92. The predicted octanol–water partition coefficient (Wildman–Crippen LogP) is 3.95. The smallest absolute Gasteiger partial charge is 0.0334 e. The monoisotopic (exact) mass is 267 g/mol. The standard InChI is InChI=1S/C13H18BrN/c1-9-5-4-8-11(12(9)14)13(15)10-6-2-3-7-10/h4-5,8,10,13H,2-3,6-7,15H2,1H3. The maximum atomic E-state index is 6.34. The first-order chi connectivity index (χ1) is 7.20. The van der Waals surface area contributed by atoms with Crippen LogP contribution in [0, 0.1) is 12.8 Å². The summed E-state index contributed by atoms with van der Waals surface area (Å²) in [4.78, 5) is 0. The maximum absolute atomic E-state index is 6.34. The first-order valence-corrected chi connectivity index (χ1v) is 6.50. The number of hydrogen-bond donors (Lipinski definition) is 1. The van der Waals surface area contributed by atoms with Crippen molar-refractivity contribution in [3.05, 3.63) is 33.8 Å². The van der Waals surface area contributed by atoms with Gasteiger partial charge in [-0.1, -0.05) is 47.0 Å². The summed E-state index contributed by atoms with van der Waals surface area (Å²) in [6.45, 7) is 2.12. The van der Waals surface area contributed by atoms with Crippen molar-refractivity contribution in [2.24, 2.45) is 11.7 Å². The zero-order valence-electron chi connectivity index (χ0n) is 9.17. The molecular weight excluding hydrogens is 250 g/mol. The molecule has 0 aromatic heterocycles. The van der Waals surface area contributed by atoms with Crippen molar-refractivity contribution in [3.63, 3.8) is 0 Å². The highest BCUT2D eigenvalue weighted by Crippen LogP contribution is 2.37. The molecule has 1 aliphatic carbocycles. The van der Waals surface area contributed by atoms with Gasteiger partial charge in [-0.3, -0.25) is 0 Å². The van der Waals surface area contributed by atoms with Gasteiger partial charge in [0.25, 0.3) is 0 Å². The fourth-order valence-electron chi connectivity index (χ4n) is 2.50. The molecular formula is C13H18BrN. The van der Waals surface area contributed by atoms with Crippen LogP contribution in [0.5, 0.6) is 0 Å². The lowest BCUT2D eigenvalue weighted by molar-refractivity contribution is 0.443. The third-order valence-corrected chi connectivity index (χ3v) is 4.57. The highest BCUT2D eigenvalue weighted by atomic mass is 79.9. The van der Waals surface area contributed by atoms with Crippen LogP contribution in [0.25, 0.3) is 0 Å². The zero-order valence-corrected chi connectivity index (χ0v) is 10.8. The molecule has 0 saturated heterocycles. The summed E-state index contributed by atoms with van der Waals surface area (Å²) >= 11 is 3.65. The molecule has 15 heavy (non-hydrogen) atoms. The summed E-state index contributed by atoms with van der Waals surface area (Å²) in [5.74, 6) is 0.683.